The van der Waals surface area contributed by atoms with Crippen LogP contribution in [0.1, 0.15) is 5.56 Å². The van der Waals surface area contributed by atoms with Crippen molar-refractivity contribution in [2.45, 2.75) is 11.3 Å². The van der Waals surface area contributed by atoms with Gasteiger partial charge in [-0.15, -0.1) is 0 Å². The highest BCUT2D eigenvalue weighted by molar-refractivity contribution is 7.85. The summed E-state index contributed by atoms with van der Waals surface area (Å²) in [5.74, 6) is 0.268. The van der Waals surface area contributed by atoms with Gasteiger partial charge in [-0.1, -0.05) is 30.3 Å². The fourth-order valence-electron chi connectivity index (χ4n) is 1.56. The molecule has 0 bridgehead atoms. The van der Waals surface area contributed by atoms with Crippen molar-refractivity contribution in [3.63, 3.8) is 0 Å². The lowest BCUT2D eigenvalue weighted by Gasteiger charge is -2.02. The second-order valence-corrected chi connectivity index (χ2v) is 5.31. The molecule has 1 unspecified atom stereocenters. The number of aryl methyl sites for hydroxylation is 1. The van der Waals surface area contributed by atoms with Gasteiger partial charge in [0, 0.05) is 10.6 Å². The van der Waals surface area contributed by atoms with Crippen LogP contribution in [0.4, 0.5) is 4.39 Å². The van der Waals surface area contributed by atoms with E-state index in [1.165, 1.54) is 17.7 Å². The summed E-state index contributed by atoms with van der Waals surface area (Å²) < 4.78 is 24.6. The van der Waals surface area contributed by atoms with Gasteiger partial charge in [-0.25, -0.2) is 4.39 Å². The van der Waals surface area contributed by atoms with Gasteiger partial charge >= 0.3 is 0 Å². The summed E-state index contributed by atoms with van der Waals surface area (Å²) in [6.07, 6.45) is 0.769. The number of rotatable bonds is 4. The molecule has 2 aromatic rings. The molecule has 2 aromatic carbocycles. The molecule has 1 nitrogen and oxygen atoms in total. The molecule has 0 spiro atoms. The van der Waals surface area contributed by atoms with Crippen LogP contribution < -0.4 is 0 Å². The molecule has 0 amide bonds. The third kappa shape index (κ3) is 3.49. The van der Waals surface area contributed by atoms with E-state index >= 15 is 0 Å². The van der Waals surface area contributed by atoms with Crippen molar-refractivity contribution in [2.75, 3.05) is 5.75 Å². The summed E-state index contributed by atoms with van der Waals surface area (Å²) in [4.78, 5) is 0.683. The van der Waals surface area contributed by atoms with Gasteiger partial charge in [0.15, 0.2) is 0 Å². The van der Waals surface area contributed by atoms with E-state index in [9.17, 15) is 8.60 Å². The van der Waals surface area contributed by atoms with Crippen LogP contribution in [0, 0.1) is 5.82 Å². The second kappa shape index (κ2) is 5.73. The molecule has 17 heavy (non-hydrogen) atoms. The van der Waals surface area contributed by atoms with E-state index in [1.54, 1.807) is 12.1 Å². The summed E-state index contributed by atoms with van der Waals surface area (Å²) in [6.45, 7) is 0. The molecule has 0 aliphatic carbocycles. The summed E-state index contributed by atoms with van der Waals surface area (Å²) in [6, 6.07) is 15.8. The van der Waals surface area contributed by atoms with Gasteiger partial charge in [-0.2, -0.15) is 0 Å². The smallest absolute Gasteiger partial charge is 0.123 e. The van der Waals surface area contributed by atoms with Crippen LogP contribution in [0.25, 0.3) is 0 Å². The first-order valence-electron chi connectivity index (χ1n) is 5.43. The predicted octanol–water partition coefficient (Wildman–Crippen LogP) is 3.18. The van der Waals surface area contributed by atoms with E-state index in [-0.39, 0.29) is 5.82 Å². The number of benzene rings is 2. The molecule has 0 aliphatic rings. The molecule has 0 fully saturated rings. The zero-order chi connectivity index (χ0) is 12.1. The Hall–Kier alpha value is -1.48. The van der Waals surface area contributed by atoms with Gasteiger partial charge in [0.05, 0.1) is 10.8 Å². The lowest BCUT2D eigenvalue weighted by Crippen LogP contribution is -2.01. The quantitative estimate of drug-likeness (QED) is 0.812. The van der Waals surface area contributed by atoms with Gasteiger partial charge < -0.3 is 0 Å². The highest BCUT2D eigenvalue weighted by atomic mass is 32.2. The molecule has 0 saturated heterocycles. The van der Waals surface area contributed by atoms with Crippen LogP contribution >= 0.6 is 0 Å². The number of halogens is 1. The Labute approximate surface area is 103 Å². The molecule has 0 saturated carbocycles. The van der Waals surface area contributed by atoms with E-state index in [0.29, 0.717) is 10.6 Å². The fourth-order valence-corrected chi connectivity index (χ4v) is 2.66. The number of hydrogen-bond acceptors (Lipinski definition) is 1. The van der Waals surface area contributed by atoms with Crippen LogP contribution in [0.5, 0.6) is 0 Å². The Morgan fingerprint density at radius 3 is 2.24 bits per heavy atom. The minimum atomic E-state index is -1.06. The summed E-state index contributed by atoms with van der Waals surface area (Å²) in [7, 11) is -1.06. The molecule has 0 aromatic heterocycles. The molecule has 2 rings (SSSR count). The van der Waals surface area contributed by atoms with Crippen LogP contribution in [-0.2, 0) is 17.2 Å². The molecule has 3 heteroatoms. The van der Waals surface area contributed by atoms with Crippen molar-refractivity contribution >= 4 is 10.8 Å². The van der Waals surface area contributed by atoms with Crippen LogP contribution in [-0.4, -0.2) is 9.96 Å². The zero-order valence-corrected chi connectivity index (χ0v) is 10.1. The molecular formula is C14H13FOS. The zero-order valence-electron chi connectivity index (χ0n) is 9.30. The minimum absolute atomic E-state index is 0.297. The van der Waals surface area contributed by atoms with Gasteiger partial charge in [0.25, 0.3) is 0 Å². The van der Waals surface area contributed by atoms with Crippen molar-refractivity contribution in [1.82, 2.24) is 0 Å². The van der Waals surface area contributed by atoms with Crippen LogP contribution in [0.3, 0.4) is 0 Å². The van der Waals surface area contributed by atoms with E-state index in [2.05, 4.69) is 0 Å². The Morgan fingerprint density at radius 2 is 1.59 bits per heavy atom. The van der Waals surface area contributed by atoms with E-state index in [1.807, 2.05) is 30.3 Å². The summed E-state index contributed by atoms with van der Waals surface area (Å²) in [5, 5.41) is 0. The highest BCUT2D eigenvalue weighted by Crippen LogP contribution is 2.10. The molecule has 0 N–H and O–H groups in total. The van der Waals surface area contributed by atoms with Gasteiger partial charge in [-0.3, -0.25) is 4.21 Å². The third-order valence-corrected chi connectivity index (χ3v) is 3.87. The largest absolute Gasteiger partial charge is 0.254 e. The lowest BCUT2D eigenvalue weighted by atomic mass is 10.2. The average molecular weight is 248 g/mol. The molecular weight excluding hydrogens is 235 g/mol. The summed E-state index contributed by atoms with van der Waals surface area (Å²) in [5.41, 5.74) is 1.17. The standard InChI is InChI=1S/C14H13FOS/c15-13-6-8-14(9-7-13)17(16)11-10-12-4-2-1-3-5-12/h1-9H,10-11H2. The average Bonchev–Trinajstić information content (AvgIpc) is 2.38. The Balaban J connectivity index is 1.96. The fraction of sp³-hybridized carbons (Fsp3) is 0.143. The molecule has 0 radical (unpaired) electrons. The monoisotopic (exact) mass is 248 g/mol. The normalized spacial score (nSPS) is 12.3. The maximum atomic E-state index is 12.7. The maximum absolute atomic E-state index is 12.7. The van der Waals surface area contributed by atoms with Gasteiger partial charge in [0.1, 0.15) is 5.82 Å². The first-order valence-corrected chi connectivity index (χ1v) is 6.75. The van der Waals surface area contributed by atoms with Crippen molar-refractivity contribution in [1.29, 1.82) is 0 Å². The molecule has 1 atom stereocenters. The van der Waals surface area contributed by atoms with Crippen molar-refractivity contribution in [2.24, 2.45) is 0 Å². The van der Waals surface area contributed by atoms with E-state index in [4.69, 9.17) is 0 Å². The first-order chi connectivity index (χ1) is 8.25. The van der Waals surface area contributed by atoms with E-state index in [0.717, 1.165) is 6.42 Å². The summed E-state index contributed by atoms with van der Waals surface area (Å²) >= 11 is 0. The SMILES string of the molecule is O=S(CCc1ccccc1)c1ccc(F)cc1. The number of hydrogen-bond donors (Lipinski definition) is 0. The molecule has 88 valence electrons. The lowest BCUT2D eigenvalue weighted by molar-refractivity contribution is 0.626. The molecule has 0 heterocycles. The first kappa shape index (κ1) is 12.0. The van der Waals surface area contributed by atoms with E-state index < -0.39 is 10.8 Å². The van der Waals surface area contributed by atoms with Crippen LogP contribution in [0.2, 0.25) is 0 Å². The van der Waals surface area contributed by atoms with Crippen molar-refractivity contribution < 1.29 is 8.60 Å². The van der Waals surface area contributed by atoms with Crippen molar-refractivity contribution in [3.8, 4) is 0 Å². The topological polar surface area (TPSA) is 17.1 Å². The Bertz CT molecular complexity index is 493. The maximum Gasteiger partial charge on any atom is 0.123 e. The predicted molar refractivity (Wildman–Crippen MR) is 67.8 cm³/mol. The van der Waals surface area contributed by atoms with Gasteiger partial charge in [-0.05, 0) is 36.2 Å². The van der Waals surface area contributed by atoms with Gasteiger partial charge in [0.2, 0.25) is 0 Å². The van der Waals surface area contributed by atoms with Crippen molar-refractivity contribution in [3.05, 3.63) is 66.0 Å². The Morgan fingerprint density at radius 1 is 0.941 bits per heavy atom. The Kier molecular flexibility index (Phi) is 4.04. The molecule has 0 aliphatic heterocycles. The second-order valence-electron chi connectivity index (χ2n) is 3.74. The highest BCUT2D eigenvalue weighted by Gasteiger charge is 2.04. The minimum Gasteiger partial charge on any atom is -0.254 e. The van der Waals surface area contributed by atoms with Crippen LogP contribution in [0.15, 0.2) is 59.5 Å². The third-order valence-electron chi connectivity index (χ3n) is 2.50.